The Morgan fingerprint density at radius 1 is 1.31 bits per heavy atom. The molecule has 0 aliphatic heterocycles. The summed E-state index contributed by atoms with van der Waals surface area (Å²) in [5.41, 5.74) is 1.57. The highest BCUT2D eigenvalue weighted by Gasteiger charge is 2.12. The van der Waals surface area contributed by atoms with Crippen molar-refractivity contribution in [2.45, 2.75) is 20.3 Å². The summed E-state index contributed by atoms with van der Waals surface area (Å²) in [4.78, 5) is -0.261. The van der Waals surface area contributed by atoms with E-state index in [0.717, 1.165) is 12.0 Å². The first-order valence-corrected chi connectivity index (χ1v) is 6.50. The van der Waals surface area contributed by atoms with Gasteiger partial charge >= 0.3 is 0 Å². The molecule has 16 heavy (non-hydrogen) atoms. The lowest BCUT2D eigenvalue weighted by Crippen LogP contribution is -2.00. The van der Waals surface area contributed by atoms with Gasteiger partial charge in [-0.05, 0) is 23.5 Å². The van der Waals surface area contributed by atoms with Crippen LogP contribution in [0, 0.1) is 5.92 Å². The molecule has 0 saturated heterocycles. The van der Waals surface area contributed by atoms with Crippen molar-refractivity contribution >= 4 is 15.0 Å². The molecule has 88 valence electrons. The smallest absolute Gasteiger partial charge is 0.282 e. The van der Waals surface area contributed by atoms with E-state index in [2.05, 4.69) is 20.4 Å². The number of hydrogen-bond donors (Lipinski definition) is 1. The van der Waals surface area contributed by atoms with Crippen LogP contribution in [0.15, 0.2) is 30.8 Å². The van der Waals surface area contributed by atoms with Gasteiger partial charge in [-0.3, -0.25) is 4.55 Å². The lowest BCUT2D eigenvalue weighted by atomic mass is 10.0. The Balaban J connectivity index is 2.92. The van der Waals surface area contributed by atoms with Gasteiger partial charge < -0.3 is 0 Å². The Kier molecular flexibility index (Phi) is 3.88. The van der Waals surface area contributed by atoms with E-state index in [1.165, 1.54) is 0 Å². The number of rotatable bonds is 4. The van der Waals surface area contributed by atoms with E-state index in [9.17, 15) is 8.42 Å². The summed E-state index contributed by atoms with van der Waals surface area (Å²) in [5.74, 6) is 0.552. The predicted molar refractivity (Wildman–Crippen MR) is 65.6 cm³/mol. The summed E-state index contributed by atoms with van der Waals surface area (Å²) in [7, 11) is -4.19. The summed E-state index contributed by atoms with van der Waals surface area (Å²) < 4.78 is 30.5. The van der Waals surface area contributed by atoms with Crippen LogP contribution in [0.5, 0.6) is 0 Å². The van der Waals surface area contributed by atoms with Crippen LogP contribution < -0.4 is 0 Å². The average molecular weight is 240 g/mol. The molecular formula is C12H16O3S. The molecule has 0 amide bonds. The molecule has 1 rings (SSSR count). The molecule has 0 spiro atoms. The van der Waals surface area contributed by atoms with E-state index in [1.807, 2.05) is 12.1 Å². The van der Waals surface area contributed by atoms with E-state index < -0.39 is 10.1 Å². The van der Waals surface area contributed by atoms with E-state index >= 15 is 0 Å². The maximum Gasteiger partial charge on any atom is 0.294 e. The summed E-state index contributed by atoms with van der Waals surface area (Å²) >= 11 is 0. The van der Waals surface area contributed by atoms with Gasteiger partial charge in [0.15, 0.2) is 0 Å². The van der Waals surface area contributed by atoms with Crippen molar-refractivity contribution in [2.75, 3.05) is 0 Å². The van der Waals surface area contributed by atoms with Gasteiger partial charge in [0.2, 0.25) is 0 Å². The summed E-state index contributed by atoms with van der Waals surface area (Å²) in [6, 6.07) is 7.03. The number of benzene rings is 1. The van der Waals surface area contributed by atoms with Crippen LogP contribution in [-0.2, 0) is 16.5 Å². The van der Waals surface area contributed by atoms with Gasteiger partial charge in [-0.15, -0.1) is 0 Å². The quantitative estimate of drug-likeness (QED) is 0.823. The average Bonchev–Trinajstić information content (AvgIpc) is 2.15. The first-order valence-electron chi connectivity index (χ1n) is 5.06. The second kappa shape index (κ2) is 4.80. The highest BCUT2D eigenvalue weighted by Crippen LogP contribution is 2.19. The monoisotopic (exact) mass is 240 g/mol. The molecule has 1 aromatic rings. The SMILES string of the molecule is C=C(c1ccc(CC(C)C)cc1)S(=O)(=O)O. The second-order valence-electron chi connectivity index (χ2n) is 4.19. The minimum absolute atomic E-state index is 0.261. The highest BCUT2D eigenvalue weighted by molar-refractivity contribution is 7.95. The van der Waals surface area contributed by atoms with Gasteiger partial charge in [-0.2, -0.15) is 8.42 Å². The van der Waals surface area contributed by atoms with Crippen molar-refractivity contribution in [3.05, 3.63) is 42.0 Å². The van der Waals surface area contributed by atoms with Crippen LogP contribution in [0.25, 0.3) is 4.91 Å². The van der Waals surface area contributed by atoms with Crippen LogP contribution in [-0.4, -0.2) is 13.0 Å². The highest BCUT2D eigenvalue weighted by atomic mass is 32.2. The van der Waals surface area contributed by atoms with E-state index in [0.29, 0.717) is 11.5 Å². The summed E-state index contributed by atoms with van der Waals surface area (Å²) in [5, 5.41) is 0. The maximum absolute atomic E-state index is 10.9. The van der Waals surface area contributed by atoms with Gasteiger partial charge in [0.05, 0.1) is 4.91 Å². The third-order valence-electron chi connectivity index (χ3n) is 2.23. The molecule has 3 nitrogen and oxygen atoms in total. The van der Waals surface area contributed by atoms with Gasteiger partial charge in [-0.1, -0.05) is 44.7 Å². The minimum Gasteiger partial charge on any atom is -0.282 e. The van der Waals surface area contributed by atoms with Crippen molar-refractivity contribution in [1.29, 1.82) is 0 Å². The fourth-order valence-corrected chi connectivity index (χ4v) is 1.88. The van der Waals surface area contributed by atoms with Gasteiger partial charge in [-0.25, -0.2) is 0 Å². The molecule has 0 aliphatic carbocycles. The van der Waals surface area contributed by atoms with Crippen molar-refractivity contribution in [1.82, 2.24) is 0 Å². The van der Waals surface area contributed by atoms with E-state index in [-0.39, 0.29) is 4.91 Å². The van der Waals surface area contributed by atoms with Gasteiger partial charge in [0.1, 0.15) is 0 Å². The molecule has 0 bridgehead atoms. The largest absolute Gasteiger partial charge is 0.294 e. The molecule has 4 heteroatoms. The van der Waals surface area contributed by atoms with Crippen LogP contribution in [0.1, 0.15) is 25.0 Å². The van der Waals surface area contributed by atoms with Gasteiger partial charge in [0.25, 0.3) is 10.1 Å². The van der Waals surface area contributed by atoms with Crippen LogP contribution in [0.2, 0.25) is 0 Å². The Morgan fingerprint density at radius 2 is 1.81 bits per heavy atom. The zero-order valence-corrected chi connectivity index (χ0v) is 10.3. The summed E-state index contributed by atoms with van der Waals surface area (Å²) in [6.07, 6.45) is 0.943. The third-order valence-corrected chi connectivity index (χ3v) is 3.09. The standard InChI is InChI=1S/C12H16O3S/c1-9(2)8-11-4-6-12(7-5-11)10(3)16(13,14)15/h4-7,9H,3,8H2,1-2H3,(H,13,14,15). The molecule has 0 radical (unpaired) electrons. The van der Waals surface area contributed by atoms with Crippen molar-refractivity contribution in [3.8, 4) is 0 Å². The van der Waals surface area contributed by atoms with E-state index in [4.69, 9.17) is 4.55 Å². The zero-order chi connectivity index (χ0) is 12.3. The van der Waals surface area contributed by atoms with Crippen molar-refractivity contribution in [2.24, 2.45) is 5.92 Å². The van der Waals surface area contributed by atoms with Crippen LogP contribution in [0.4, 0.5) is 0 Å². The Morgan fingerprint density at radius 3 is 2.19 bits per heavy atom. The lowest BCUT2D eigenvalue weighted by molar-refractivity contribution is 0.496. The van der Waals surface area contributed by atoms with E-state index in [1.54, 1.807) is 12.1 Å². The van der Waals surface area contributed by atoms with Crippen LogP contribution in [0.3, 0.4) is 0 Å². The Hall–Kier alpha value is -1.13. The fourth-order valence-electron chi connectivity index (χ4n) is 1.45. The lowest BCUT2D eigenvalue weighted by Gasteiger charge is -2.06. The molecular weight excluding hydrogens is 224 g/mol. The molecule has 0 atom stereocenters. The predicted octanol–water partition coefficient (Wildman–Crippen LogP) is 2.74. The minimum atomic E-state index is -4.19. The maximum atomic E-state index is 10.9. The normalized spacial score (nSPS) is 11.8. The molecule has 0 heterocycles. The molecule has 0 unspecified atom stereocenters. The molecule has 1 N–H and O–H groups in total. The molecule has 1 aromatic carbocycles. The molecule has 0 fully saturated rings. The van der Waals surface area contributed by atoms with Crippen molar-refractivity contribution in [3.63, 3.8) is 0 Å². The first kappa shape index (κ1) is 12.9. The first-order chi connectivity index (χ1) is 7.30. The molecule has 0 aliphatic rings. The zero-order valence-electron chi connectivity index (χ0n) is 9.47. The van der Waals surface area contributed by atoms with Crippen LogP contribution >= 0.6 is 0 Å². The fraction of sp³-hybridized carbons (Fsp3) is 0.333. The second-order valence-corrected chi connectivity index (χ2v) is 5.64. The Labute approximate surface area is 96.6 Å². The Bertz CT molecular complexity index is 469. The molecule has 0 aromatic heterocycles. The molecule has 0 saturated carbocycles. The number of hydrogen-bond acceptors (Lipinski definition) is 2. The topological polar surface area (TPSA) is 54.4 Å². The summed E-state index contributed by atoms with van der Waals surface area (Å²) in [6.45, 7) is 7.58. The van der Waals surface area contributed by atoms with Gasteiger partial charge in [0, 0.05) is 0 Å². The third kappa shape index (κ3) is 3.47. The van der Waals surface area contributed by atoms with Crippen molar-refractivity contribution < 1.29 is 13.0 Å².